The Labute approximate surface area is 150 Å². The van der Waals surface area contributed by atoms with Crippen molar-refractivity contribution >= 4 is 5.91 Å². The van der Waals surface area contributed by atoms with Gasteiger partial charge in [-0.2, -0.15) is 0 Å². The lowest BCUT2D eigenvalue weighted by atomic mass is 10.00. The molecule has 0 saturated heterocycles. The lowest BCUT2D eigenvalue weighted by molar-refractivity contribution is -0.120. The van der Waals surface area contributed by atoms with E-state index in [2.05, 4.69) is 29.4 Å². The summed E-state index contributed by atoms with van der Waals surface area (Å²) in [6.07, 6.45) is 2.53. The van der Waals surface area contributed by atoms with Crippen LogP contribution in [-0.4, -0.2) is 38.6 Å². The van der Waals surface area contributed by atoms with Crippen molar-refractivity contribution in [3.63, 3.8) is 0 Å². The lowest BCUT2D eigenvalue weighted by Gasteiger charge is -2.25. The number of fused-ring (bicyclic) bond motifs is 1. The maximum Gasteiger partial charge on any atom is 0.220 e. The average molecular weight is 340 g/mol. The van der Waals surface area contributed by atoms with Crippen LogP contribution in [0.25, 0.3) is 0 Å². The lowest BCUT2D eigenvalue weighted by Crippen LogP contribution is -2.26. The molecule has 2 aromatic carbocycles. The molecule has 0 radical (unpaired) electrons. The minimum atomic E-state index is 0.0962. The molecule has 4 nitrogen and oxygen atoms in total. The number of hydrogen-bond donors (Lipinski definition) is 1. The van der Waals surface area contributed by atoms with Crippen LogP contribution in [0, 0.1) is 0 Å². The number of rotatable bonds is 4. The Morgan fingerprint density at radius 1 is 1.16 bits per heavy atom. The van der Waals surface area contributed by atoms with E-state index < -0.39 is 0 Å². The van der Waals surface area contributed by atoms with Crippen LogP contribution in [0.4, 0.5) is 0 Å². The van der Waals surface area contributed by atoms with Gasteiger partial charge in [-0.05, 0) is 48.7 Å². The Balaban J connectivity index is 0.000000181. The van der Waals surface area contributed by atoms with Crippen LogP contribution in [0.2, 0.25) is 0 Å². The fourth-order valence-electron chi connectivity index (χ4n) is 2.82. The molecule has 1 aliphatic heterocycles. The van der Waals surface area contributed by atoms with Crippen LogP contribution in [0.15, 0.2) is 48.5 Å². The summed E-state index contributed by atoms with van der Waals surface area (Å²) < 4.78 is 5.19. The monoisotopic (exact) mass is 340 g/mol. The summed E-state index contributed by atoms with van der Waals surface area (Å²) in [6.45, 7) is 2.22. The molecule has 134 valence electrons. The molecule has 1 N–H and O–H groups in total. The van der Waals surface area contributed by atoms with Crippen LogP contribution in [0.1, 0.15) is 23.1 Å². The van der Waals surface area contributed by atoms with Crippen molar-refractivity contribution in [1.82, 2.24) is 10.2 Å². The maximum absolute atomic E-state index is 10.9. The van der Waals surface area contributed by atoms with Gasteiger partial charge in [0, 0.05) is 26.6 Å². The second-order valence-corrected chi connectivity index (χ2v) is 6.28. The maximum atomic E-state index is 10.9. The highest BCUT2D eigenvalue weighted by molar-refractivity contribution is 5.75. The summed E-state index contributed by atoms with van der Waals surface area (Å²) in [5.41, 5.74) is 4.09. The number of hydrogen-bond acceptors (Lipinski definition) is 3. The summed E-state index contributed by atoms with van der Waals surface area (Å²) >= 11 is 0. The first-order valence-corrected chi connectivity index (χ1v) is 8.71. The first-order chi connectivity index (χ1) is 12.1. The molecule has 0 aliphatic carbocycles. The number of nitrogens with one attached hydrogen (secondary N) is 1. The molecule has 1 aliphatic rings. The van der Waals surface area contributed by atoms with Crippen LogP contribution in [0.5, 0.6) is 5.75 Å². The Hall–Kier alpha value is -2.33. The van der Waals surface area contributed by atoms with Gasteiger partial charge < -0.3 is 15.0 Å². The van der Waals surface area contributed by atoms with Crippen molar-refractivity contribution in [2.24, 2.45) is 0 Å². The Morgan fingerprint density at radius 3 is 2.60 bits per heavy atom. The summed E-state index contributed by atoms with van der Waals surface area (Å²) in [5, 5.41) is 2.60. The predicted molar refractivity (Wildman–Crippen MR) is 102 cm³/mol. The number of methoxy groups -OCH3 is 1. The van der Waals surface area contributed by atoms with Gasteiger partial charge in [0.15, 0.2) is 0 Å². The molecule has 3 rings (SSSR count). The number of amides is 1. The van der Waals surface area contributed by atoms with E-state index in [0.717, 1.165) is 31.7 Å². The van der Waals surface area contributed by atoms with Gasteiger partial charge in [-0.25, -0.2) is 0 Å². The average Bonchev–Trinajstić information content (AvgIpc) is 2.67. The van der Waals surface area contributed by atoms with Crippen LogP contribution in [0.3, 0.4) is 0 Å². The van der Waals surface area contributed by atoms with Crippen molar-refractivity contribution in [1.29, 1.82) is 0 Å². The Bertz CT molecular complexity index is 671. The molecule has 0 unspecified atom stereocenters. The second kappa shape index (κ2) is 9.84. The van der Waals surface area contributed by atoms with Gasteiger partial charge in [0.25, 0.3) is 0 Å². The molecule has 0 fully saturated rings. The van der Waals surface area contributed by atoms with Gasteiger partial charge in [0.2, 0.25) is 5.91 Å². The Kier molecular flexibility index (Phi) is 7.48. The van der Waals surface area contributed by atoms with E-state index in [9.17, 15) is 4.79 Å². The second-order valence-electron chi connectivity index (χ2n) is 6.28. The van der Waals surface area contributed by atoms with E-state index in [1.165, 1.54) is 16.7 Å². The van der Waals surface area contributed by atoms with Gasteiger partial charge in [-0.15, -0.1) is 0 Å². The van der Waals surface area contributed by atoms with Crippen LogP contribution >= 0.6 is 0 Å². The predicted octanol–water partition coefficient (Wildman–Crippen LogP) is 3.05. The highest BCUT2D eigenvalue weighted by Crippen LogP contribution is 2.22. The third-order valence-electron chi connectivity index (χ3n) is 4.38. The number of carbonyl (C=O) groups is 1. The molecule has 0 spiro atoms. The first kappa shape index (κ1) is 19.0. The molecule has 0 saturated carbocycles. The number of benzene rings is 2. The highest BCUT2D eigenvalue weighted by atomic mass is 16.5. The largest absolute Gasteiger partial charge is 0.497 e. The van der Waals surface area contributed by atoms with Crippen molar-refractivity contribution in [2.45, 2.75) is 25.8 Å². The fourth-order valence-corrected chi connectivity index (χ4v) is 2.82. The number of carbonyl (C=O) groups excluding carboxylic acids is 1. The molecule has 0 bridgehead atoms. The van der Waals surface area contributed by atoms with Crippen molar-refractivity contribution < 1.29 is 9.53 Å². The normalized spacial score (nSPS) is 13.2. The smallest absolute Gasteiger partial charge is 0.220 e. The van der Waals surface area contributed by atoms with E-state index in [1.807, 2.05) is 36.4 Å². The topological polar surface area (TPSA) is 41.6 Å². The fraction of sp³-hybridized carbons (Fsp3) is 0.381. The van der Waals surface area contributed by atoms with Crippen molar-refractivity contribution in [3.8, 4) is 5.75 Å². The Morgan fingerprint density at radius 2 is 1.92 bits per heavy atom. The first-order valence-electron chi connectivity index (χ1n) is 8.71. The number of aryl methyl sites for hydroxylation is 1. The number of nitrogens with zero attached hydrogens (tertiary/aromatic N) is 1. The number of ether oxygens (including phenoxy) is 1. The third kappa shape index (κ3) is 6.24. The summed E-state index contributed by atoms with van der Waals surface area (Å²) in [4.78, 5) is 13.2. The highest BCUT2D eigenvalue weighted by Gasteiger charge is 2.12. The van der Waals surface area contributed by atoms with E-state index in [4.69, 9.17) is 4.74 Å². The molecule has 0 atom stereocenters. The SMILES string of the molecule is CNC(=O)CCc1ccccc1.COc1ccc2c(c1)CCN(C)C2. The summed E-state index contributed by atoms with van der Waals surface area (Å²) in [6, 6.07) is 16.4. The van der Waals surface area contributed by atoms with Crippen LogP contribution in [-0.2, 0) is 24.2 Å². The zero-order chi connectivity index (χ0) is 18.1. The van der Waals surface area contributed by atoms with Crippen molar-refractivity contribution in [3.05, 3.63) is 65.2 Å². The molecule has 25 heavy (non-hydrogen) atoms. The zero-order valence-corrected chi connectivity index (χ0v) is 15.4. The quantitative estimate of drug-likeness (QED) is 0.930. The minimum Gasteiger partial charge on any atom is -0.497 e. The molecular formula is C21H28N2O2. The van der Waals surface area contributed by atoms with Gasteiger partial charge in [0.1, 0.15) is 5.75 Å². The molecule has 1 heterocycles. The molecule has 4 heteroatoms. The molecular weight excluding hydrogens is 312 g/mol. The van der Waals surface area contributed by atoms with Gasteiger partial charge in [-0.3, -0.25) is 4.79 Å². The van der Waals surface area contributed by atoms with Gasteiger partial charge >= 0.3 is 0 Å². The van der Waals surface area contributed by atoms with Gasteiger partial charge in [0.05, 0.1) is 7.11 Å². The van der Waals surface area contributed by atoms with E-state index in [0.29, 0.717) is 6.42 Å². The summed E-state index contributed by atoms with van der Waals surface area (Å²) in [7, 11) is 5.54. The minimum absolute atomic E-state index is 0.0962. The molecule has 1 amide bonds. The van der Waals surface area contributed by atoms with Gasteiger partial charge in [-0.1, -0.05) is 36.4 Å². The van der Waals surface area contributed by atoms with E-state index in [1.54, 1.807) is 14.2 Å². The van der Waals surface area contributed by atoms with Crippen LogP contribution < -0.4 is 10.1 Å². The molecule has 2 aromatic rings. The number of likely N-dealkylation sites (N-methyl/N-ethyl adjacent to an activating group) is 1. The van der Waals surface area contributed by atoms with Crippen molar-refractivity contribution in [2.75, 3.05) is 27.7 Å². The van der Waals surface area contributed by atoms with E-state index in [-0.39, 0.29) is 5.91 Å². The third-order valence-corrected chi connectivity index (χ3v) is 4.38. The van der Waals surface area contributed by atoms with E-state index >= 15 is 0 Å². The molecule has 0 aromatic heterocycles. The standard InChI is InChI=1S/C11H15NO.C10H13NO/c1-12-6-5-9-7-11(13-2)4-3-10(9)8-12;1-11-10(12)8-7-9-5-3-2-4-6-9/h3-4,7H,5-6,8H2,1-2H3;2-6H,7-8H2,1H3,(H,11,12). The zero-order valence-electron chi connectivity index (χ0n) is 15.4. The summed E-state index contributed by atoms with van der Waals surface area (Å²) in [5.74, 6) is 1.07.